The average Bonchev–Trinajstić information content (AvgIpc) is 3.07. The minimum absolute atomic E-state index is 0.120. The number of amides is 2. The van der Waals surface area contributed by atoms with Crippen LogP contribution in [0.3, 0.4) is 0 Å². The van der Waals surface area contributed by atoms with Gasteiger partial charge >= 0.3 is 0 Å². The van der Waals surface area contributed by atoms with Gasteiger partial charge in [-0.2, -0.15) is 0 Å². The second-order valence-electron chi connectivity index (χ2n) is 8.72. The zero-order valence-corrected chi connectivity index (χ0v) is 19.8. The van der Waals surface area contributed by atoms with E-state index in [1.54, 1.807) is 36.4 Å². The number of halogens is 1. The van der Waals surface area contributed by atoms with E-state index in [1.165, 1.54) is 12.1 Å². The Morgan fingerprint density at radius 1 is 1.09 bits per heavy atom. The monoisotopic (exact) mass is 475 g/mol. The summed E-state index contributed by atoms with van der Waals surface area (Å²) in [5.41, 5.74) is 8.95. The Balaban J connectivity index is 1.58. The van der Waals surface area contributed by atoms with E-state index >= 15 is 0 Å². The number of rotatable bonds is 7. The molecule has 7 heteroatoms. The van der Waals surface area contributed by atoms with E-state index < -0.39 is 17.8 Å². The lowest BCUT2D eigenvalue weighted by Crippen LogP contribution is -2.30. The summed E-state index contributed by atoms with van der Waals surface area (Å²) in [6.07, 6.45) is 2.26. The quantitative estimate of drug-likeness (QED) is 0.488. The summed E-state index contributed by atoms with van der Waals surface area (Å²) in [7, 11) is 0. The summed E-state index contributed by atoms with van der Waals surface area (Å²) < 4.78 is 20.6. The standard InChI is InChI=1S/C28H30FN3O3/c1-19-16-21(13-14-25(19)32-15-6-2-3-12-26(32)33)31-28(34)27(23-10-4-5-11-24(23)29)35-22-9-7-8-20(17-22)18-30/h4-5,7-11,13-14,16-17,27H,2-3,6,12,15,18,30H2,1H3,(H,31,34). The molecule has 1 heterocycles. The van der Waals surface area contributed by atoms with Crippen LogP contribution < -0.4 is 20.7 Å². The van der Waals surface area contributed by atoms with Crippen LogP contribution in [0.25, 0.3) is 0 Å². The van der Waals surface area contributed by atoms with E-state index in [1.807, 2.05) is 30.0 Å². The zero-order chi connectivity index (χ0) is 24.8. The molecule has 0 aliphatic carbocycles. The normalized spacial score (nSPS) is 14.8. The third-order valence-electron chi connectivity index (χ3n) is 6.14. The van der Waals surface area contributed by atoms with Gasteiger partial charge in [-0.15, -0.1) is 0 Å². The van der Waals surface area contributed by atoms with Gasteiger partial charge in [-0.1, -0.05) is 36.8 Å². The molecule has 1 aliphatic rings. The van der Waals surface area contributed by atoms with Gasteiger partial charge < -0.3 is 20.7 Å². The lowest BCUT2D eigenvalue weighted by Gasteiger charge is -2.24. The predicted octanol–water partition coefficient (Wildman–Crippen LogP) is 5.26. The number of benzene rings is 3. The van der Waals surface area contributed by atoms with Crippen LogP contribution in [0.5, 0.6) is 5.75 Å². The first-order chi connectivity index (χ1) is 17.0. The molecular formula is C28H30FN3O3. The third kappa shape index (κ3) is 5.87. The van der Waals surface area contributed by atoms with Crippen molar-refractivity contribution in [1.82, 2.24) is 0 Å². The van der Waals surface area contributed by atoms with Crippen molar-refractivity contribution in [2.75, 3.05) is 16.8 Å². The molecule has 1 aliphatic heterocycles. The Bertz CT molecular complexity index is 1210. The molecule has 3 aromatic carbocycles. The molecule has 0 saturated carbocycles. The maximum Gasteiger partial charge on any atom is 0.270 e. The Kier molecular flexibility index (Phi) is 7.77. The van der Waals surface area contributed by atoms with E-state index in [0.29, 0.717) is 30.9 Å². The number of anilines is 2. The minimum atomic E-state index is -1.21. The minimum Gasteiger partial charge on any atom is -0.476 e. The highest BCUT2D eigenvalue weighted by molar-refractivity contribution is 5.97. The highest BCUT2D eigenvalue weighted by Crippen LogP contribution is 2.29. The number of nitrogens with two attached hydrogens (primary N) is 1. The molecule has 1 atom stereocenters. The first-order valence-electron chi connectivity index (χ1n) is 11.9. The highest BCUT2D eigenvalue weighted by Gasteiger charge is 2.27. The molecule has 0 bridgehead atoms. The maximum absolute atomic E-state index is 14.7. The summed E-state index contributed by atoms with van der Waals surface area (Å²) in [5.74, 6) is -0.502. The number of ether oxygens (including phenoxy) is 1. The van der Waals surface area contributed by atoms with Crippen LogP contribution in [-0.2, 0) is 16.1 Å². The molecule has 3 aromatic rings. The van der Waals surface area contributed by atoms with Gasteiger partial charge in [-0.05, 0) is 67.3 Å². The molecular weight excluding hydrogens is 445 g/mol. The van der Waals surface area contributed by atoms with Crippen molar-refractivity contribution in [3.8, 4) is 5.75 Å². The second kappa shape index (κ2) is 11.1. The van der Waals surface area contributed by atoms with E-state index in [4.69, 9.17) is 10.5 Å². The van der Waals surface area contributed by atoms with Crippen LogP contribution in [0, 0.1) is 12.7 Å². The van der Waals surface area contributed by atoms with Gasteiger partial charge in [-0.25, -0.2) is 4.39 Å². The lowest BCUT2D eigenvalue weighted by molar-refractivity contribution is -0.123. The summed E-state index contributed by atoms with van der Waals surface area (Å²) in [4.78, 5) is 27.7. The SMILES string of the molecule is Cc1cc(NC(=O)C(Oc2cccc(CN)c2)c2ccccc2F)ccc1N1CCCCCC1=O. The maximum atomic E-state index is 14.7. The van der Waals surface area contributed by atoms with Gasteiger partial charge in [0.1, 0.15) is 11.6 Å². The van der Waals surface area contributed by atoms with E-state index in [2.05, 4.69) is 5.32 Å². The average molecular weight is 476 g/mol. The molecule has 3 N–H and O–H groups in total. The number of hydrogen-bond donors (Lipinski definition) is 2. The Hall–Kier alpha value is -3.71. The number of nitrogens with one attached hydrogen (secondary N) is 1. The number of hydrogen-bond acceptors (Lipinski definition) is 4. The summed E-state index contributed by atoms with van der Waals surface area (Å²) in [6.45, 7) is 2.92. The molecule has 1 saturated heterocycles. The first kappa shape index (κ1) is 24.4. The Morgan fingerprint density at radius 2 is 1.91 bits per heavy atom. The van der Waals surface area contributed by atoms with Crippen molar-refractivity contribution in [2.45, 2.75) is 45.3 Å². The van der Waals surface area contributed by atoms with Crippen LogP contribution in [0.4, 0.5) is 15.8 Å². The molecule has 4 rings (SSSR count). The lowest BCUT2D eigenvalue weighted by atomic mass is 10.1. The van der Waals surface area contributed by atoms with Crippen LogP contribution in [0.1, 0.15) is 48.5 Å². The van der Waals surface area contributed by atoms with Crippen molar-refractivity contribution in [3.63, 3.8) is 0 Å². The van der Waals surface area contributed by atoms with Gasteiger partial charge in [0.05, 0.1) is 0 Å². The zero-order valence-electron chi connectivity index (χ0n) is 19.8. The fraction of sp³-hybridized carbons (Fsp3) is 0.286. The van der Waals surface area contributed by atoms with Crippen molar-refractivity contribution < 1.29 is 18.7 Å². The van der Waals surface area contributed by atoms with Crippen LogP contribution in [0.2, 0.25) is 0 Å². The topological polar surface area (TPSA) is 84.7 Å². The Morgan fingerprint density at radius 3 is 2.69 bits per heavy atom. The van der Waals surface area contributed by atoms with Crippen molar-refractivity contribution in [1.29, 1.82) is 0 Å². The Labute approximate surface area is 204 Å². The van der Waals surface area contributed by atoms with Gasteiger partial charge in [0.15, 0.2) is 0 Å². The van der Waals surface area contributed by atoms with Crippen molar-refractivity contribution in [3.05, 3.63) is 89.2 Å². The van der Waals surface area contributed by atoms with E-state index in [-0.39, 0.29) is 11.5 Å². The molecule has 1 fully saturated rings. The molecule has 1 unspecified atom stereocenters. The molecule has 2 amide bonds. The predicted molar refractivity (Wildman–Crippen MR) is 135 cm³/mol. The first-order valence-corrected chi connectivity index (χ1v) is 11.9. The van der Waals surface area contributed by atoms with Crippen LogP contribution >= 0.6 is 0 Å². The van der Waals surface area contributed by atoms with Crippen LogP contribution in [0.15, 0.2) is 66.7 Å². The van der Waals surface area contributed by atoms with Crippen molar-refractivity contribution in [2.24, 2.45) is 5.73 Å². The fourth-order valence-corrected chi connectivity index (χ4v) is 4.31. The van der Waals surface area contributed by atoms with Gasteiger partial charge in [-0.3, -0.25) is 9.59 Å². The molecule has 0 radical (unpaired) electrons. The van der Waals surface area contributed by atoms with Crippen LogP contribution in [-0.4, -0.2) is 18.4 Å². The summed E-state index contributed by atoms with van der Waals surface area (Å²) in [6, 6.07) is 18.5. The largest absolute Gasteiger partial charge is 0.476 e. The van der Waals surface area contributed by atoms with Gasteiger partial charge in [0, 0.05) is 36.4 Å². The third-order valence-corrected chi connectivity index (χ3v) is 6.14. The smallest absolute Gasteiger partial charge is 0.270 e. The summed E-state index contributed by atoms with van der Waals surface area (Å²) >= 11 is 0. The number of nitrogens with zero attached hydrogens (tertiary/aromatic N) is 1. The molecule has 35 heavy (non-hydrogen) atoms. The number of carbonyl (C=O) groups is 2. The van der Waals surface area contributed by atoms with Gasteiger partial charge in [0.2, 0.25) is 12.0 Å². The molecule has 0 aromatic heterocycles. The molecule has 6 nitrogen and oxygen atoms in total. The van der Waals surface area contributed by atoms with Crippen molar-refractivity contribution >= 4 is 23.2 Å². The van der Waals surface area contributed by atoms with E-state index in [9.17, 15) is 14.0 Å². The summed E-state index contributed by atoms with van der Waals surface area (Å²) in [5, 5.41) is 2.85. The fourth-order valence-electron chi connectivity index (χ4n) is 4.31. The highest BCUT2D eigenvalue weighted by atomic mass is 19.1. The van der Waals surface area contributed by atoms with Gasteiger partial charge in [0.25, 0.3) is 5.91 Å². The van der Waals surface area contributed by atoms with E-state index in [0.717, 1.165) is 36.1 Å². The second-order valence-corrected chi connectivity index (χ2v) is 8.72. The molecule has 182 valence electrons. The molecule has 0 spiro atoms. The number of carbonyl (C=O) groups excluding carboxylic acids is 2. The number of aryl methyl sites for hydroxylation is 1.